The van der Waals surface area contributed by atoms with Crippen LogP contribution < -0.4 is 15.4 Å². The van der Waals surface area contributed by atoms with E-state index in [2.05, 4.69) is 20.6 Å². The van der Waals surface area contributed by atoms with Crippen molar-refractivity contribution in [3.8, 4) is 5.75 Å². The van der Waals surface area contributed by atoms with Gasteiger partial charge in [0, 0.05) is 11.9 Å². The van der Waals surface area contributed by atoms with Crippen LogP contribution in [0.5, 0.6) is 5.75 Å². The van der Waals surface area contributed by atoms with Crippen molar-refractivity contribution in [1.82, 2.24) is 15.6 Å². The number of nitrogens with zero attached hydrogens (tertiary/aromatic N) is 2. The van der Waals surface area contributed by atoms with E-state index in [-0.39, 0.29) is 12.4 Å². The first-order valence-electron chi connectivity index (χ1n) is 7.97. The smallest absolute Gasteiger partial charge is 0.419 e. The summed E-state index contributed by atoms with van der Waals surface area (Å²) in [6, 6.07) is 5.16. The third-order valence-corrected chi connectivity index (χ3v) is 4.62. The number of aromatic nitrogens is 1. The third-order valence-electron chi connectivity index (χ3n) is 3.55. The van der Waals surface area contributed by atoms with Crippen LogP contribution in [0.2, 0.25) is 0 Å². The van der Waals surface area contributed by atoms with Crippen LogP contribution in [-0.2, 0) is 12.7 Å². The molecule has 0 aliphatic heterocycles. The number of hydrogen-bond donors (Lipinski definition) is 2. The average molecular weight is 386 g/mol. The fourth-order valence-electron chi connectivity index (χ4n) is 2.15. The van der Waals surface area contributed by atoms with Crippen molar-refractivity contribution in [2.75, 3.05) is 20.2 Å². The van der Waals surface area contributed by atoms with Crippen molar-refractivity contribution >= 4 is 17.3 Å². The van der Waals surface area contributed by atoms with Crippen LogP contribution in [0.15, 0.2) is 29.3 Å². The molecule has 0 fully saturated rings. The molecule has 0 aliphatic rings. The van der Waals surface area contributed by atoms with Gasteiger partial charge in [-0.1, -0.05) is 12.1 Å². The summed E-state index contributed by atoms with van der Waals surface area (Å²) in [5, 5.41) is 7.05. The molecular formula is C17H21F3N4OS. The number of aryl methyl sites for hydroxylation is 2. The Kier molecular flexibility index (Phi) is 6.84. The fourth-order valence-corrected chi connectivity index (χ4v) is 3.03. The van der Waals surface area contributed by atoms with E-state index in [1.54, 1.807) is 18.4 Å². The summed E-state index contributed by atoms with van der Waals surface area (Å²) in [4.78, 5) is 9.66. The van der Waals surface area contributed by atoms with Gasteiger partial charge < -0.3 is 15.4 Å². The lowest BCUT2D eigenvalue weighted by Crippen LogP contribution is -2.38. The Morgan fingerprint density at radius 3 is 2.58 bits per heavy atom. The van der Waals surface area contributed by atoms with Crippen LogP contribution in [0, 0.1) is 13.8 Å². The lowest BCUT2D eigenvalue weighted by atomic mass is 10.2. The van der Waals surface area contributed by atoms with Crippen molar-refractivity contribution in [2.24, 2.45) is 4.99 Å². The number of halogens is 3. The zero-order valence-corrected chi connectivity index (χ0v) is 15.6. The lowest BCUT2D eigenvalue weighted by molar-refractivity contribution is -0.138. The van der Waals surface area contributed by atoms with Crippen molar-refractivity contribution in [2.45, 2.75) is 26.6 Å². The van der Waals surface area contributed by atoms with Gasteiger partial charge in [-0.15, -0.1) is 11.3 Å². The number of para-hydroxylation sites is 1. The van der Waals surface area contributed by atoms with Gasteiger partial charge in [-0.2, -0.15) is 13.2 Å². The summed E-state index contributed by atoms with van der Waals surface area (Å²) in [5.74, 6) is 0.349. The van der Waals surface area contributed by atoms with Crippen LogP contribution >= 0.6 is 11.3 Å². The molecular weight excluding hydrogens is 365 g/mol. The van der Waals surface area contributed by atoms with Crippen molar-refractivity contribution < 1.29 is 17.9 Å². The summed E-state index contributed by atoms with van der Waals surface area (Å²) in [5.41, 5.74) is 0.225. The van der Waals surface area contributed by atoms with Gasteiger partial charge in [-0.25, -0.2) is 4.98 Å². The molecule has 0 atom stereocenters. The number of rotatable bonds is 6. The summed E-state index contributed by atoms with van der Waals surface area (Å²) >= 11 is 1.61. The number of guanidine groups is 1. The molecule has 0 aliphatic carbocycles. The van der Waals surface area contributed by atoms with Gasteiger partial charge in [0.1, 0.15) is 17.4 Å². The lowest BCUT2D eigenvalue weighted by Gasteiger charge is -2.15. The molecule has 142 valence electrons. The topological polar surface area (TPSA) is 58.5 Å². The van der Waals surface area contributed by atoms with Crippen molar-refractivity contribution in [3.63, 3.8) is 0 Å². The number of aliphatic imine (C=N–C) groups is 1. The molecule has 0 bridgehead atoms. The number of thiazole rings is 1. The van der Waals surface area contributed by atoms with E-state index in [0.717, 1.165) is 16.8 Å². The molecule has 5 nitrogen and oxygen atoms in total. The van der Waals surface area contributed by atoms with Gasteiger partial charge in [-0.3, -0.25) is 4.99 Å². The Hall–Kier alpha value is -2.29. The molecule has 0 radical (unpaired) electrons. The number of hydrogen-bond acceptors (Lipinski definition) is 4. The molecule has 0 amide bonds. The summed E-state index contributed by atoms with van der Waals surface area (Å²) in [7, 11) is 1.62. The number of alkyl halides is 3. The Bertz CT molecular complexity index is 739. The van der Waals surface area contributed by atoms with Gasteiger partial charge in [0.15, 0.2) is 5.96 Å². The van der Waals surface area contributed by atoms with E-state index in [0.29, 0.717) is 19.0 Å². The predicted octanol–water partition coefficient (Wildman–Crippen LogP) is 3.52. The Labute approximate surface area is 154 Å². The average Bonchev–Trinajstić information content (AvgIpc) is 2.91. The van der Waals surface area contributed by atoms with E-state index in [1.807, 2.05) is 13.8 Å². The highest BCUT2D eigenvalue weighted by atomic mass is 32.1. The molecule has 2 rings (SSSR count). The maximum absolute atomic E-state index is 12.9. The Balaban J connectivity index is 1.80. The quantitative estimate of drug-likeness (QED) is 0.453. The van der Waals surface area contributed by atoms with Crippen LogP contribution in [0.25, 0.3) is 0 Å². The first kappa shape index (κ1) is 20.0. The monoisotopic (exact) mass is 386 g/mol. The van der Waals surface area contributed by atoms with Crippen molar-refractivity contribution in [3.05, 3.63) is 45.4 Å². The highest BCUT2D eigenvalue weighted by Gasteiger charge is 2.33. The third kappa shape index (κ3) is 5.62. The second-order valence-corrected chi connectivity index (χ2v) is 6.73. The largest absolute Gasteiger partial charge is 0.491 e. The molecule has 0 unspecified atom stereocenters. The zero-order valence-electron chi connectivity index (χ0n) is 14.8. The van der Waals surface area contributed by atoms with Gasteiger partial charge in [0.2, 0.25) is 0 Å². The molecule has 26 heavy (non-hydrogen) atoms. The van der Waals surface area contributed by atoms with Crippen molar-refractivity contribution in [1.29, 1.82) is 0 Å². The second-order valence-electron chi connectivity index (χ2n) is 5.44. The minimum absolute atomic E-state index is 0.0727. The fraction of sp³-hybridized carbons (Fsp3) is 0.412. The summed E-state index contributed by atoms with van der Waals surface area (Å²) < 4.78 is 44.0. The minimum atomic E-state index is -4.44. The molecule has 0 saturated carbocycles. The maximum Gasteiger partial charge on any atom is 0.419 e. The van der Waals surface area contributed by atoms with Crippen LogP contribution in [-0.4, -0.2) is 31.1 Å². The Morgan fingerprint density at radius 1 is 1.23 bits per heavy atom. The van der Waals surface area contributed by atoms with E-state index < -0.39 is 11.7 Å². The van der Waals surface area contributed by atoms with Gasteiger partial charge in [-0.05, 0) is 26.0 Å². The van der Waals surface area contributed by atoms with Crippen LogP contribution in [0.1, 0.15) is 21.1 Å². The highest BCUT2D eigenvalue weighted by Crippen LogP contribution is 2.35. The SMILES string of the molecule is CN=C(NCCOc1ccccc1C(F)(F)F)NCc1nc(C)c(C)s1. The van der Waals surface area contributed by atoms with E-state index in [4.69, 9.17) is 4.74 Å². The highest BCUT2D eigenvalue weighted by molar-refractivity contribution is 7.11. The molecule has 1 aromatic carbocycles. The van der Waals surface area contributed by atoms with Gasteiger partial charge in [0.25, 0.3) is 0 Å². The molecule has 1 aromatic heterocycles. The van der Waals surface area contributed by atoms with E-state index >= 15 is 0 Å². The van der Waals surface area contributed by atoms with Crippen LogP contribution in [0.4, 0.5) is 13.2 Å². The Morgan fingerprint density at radius 2 is 1.96 bits per heavy atom. The van der Waals surface area contributed by atoms with E-state index in [9.17, 15) is 13.2 Å². The molecule has 9 heteroatoms. The first-order valence-corrected chi connectivity index (χ1v) is 8.79. The van der Waals surface area contributed by atoms with Gasteiger partial charge >= 0.3 is 6.18 Å². The number of nitrogens with one attached hydrogen (secondary N) is 2. The van der Waals surface area contributed by atoms with Gasteiger partial charge in [0.05, 0.1) is 24.3 Å². The summed E-state index contributed by atoms with van der Waals surface area (Å²) in [6.45, 7) is 4.88. The molecule has 2 N–H and O–H groups in total. The zero-order chi connectivity index (χ0) is 19.2. The first-order chi connectivity index (χ1) is 12.3. The molecule has 0 spiro atoms. The molecule has 0 saturated heterocycles. The molecule has 2 aromatic rings. The minimum Gasteiger partial charge on any atom is -0.491 e. The molecule has 1 heterocycles. The maximum atomic E-state index is 12.9. The number of benzene rings is 1. The normalized spacial score (nSPS) is 12.2. The van der Waals surface area contributed by atoms with Crippen LogP contribution in [0.3, 0.4) is 0 Å². The number of ether oxygens (including phenoxy) is 1. The standard InChI is InChI=1S/C17H21F3N4OS/c1-11-12(2)26-15(24-11)10-23-16(21-3)22-8-9-25-14-7-5-4-6-13(14)17(18,19)20/h4-7H,8-10H2,1-3H3,(H2,21,22,23). The second kappa shape index (κ2) is 8.88. The predicted molar refractivity (Wildman–Crippen MR) is 96.7 cm³/mol. The van der Waals surface area contributed by atoms with E-state index in [1.165, 1.54) is 23.1 Å². The summed E-state index contributed by atoms with van der Waals surface area (Å²) in [6.07, 6.45) is -4.44.